The van der Waals surface area contributed by atoms with Crippen LogP contribution in [0.3, 0.4) is 0 Å². The van der Waals surface area contributed by atoms with Crippen LogP contribution in [-0.2, 0) is 9.59 Å². The fourth-order valence-electron chi connectivity index (χ4n) is 5.42. The van der Waals surface area contributed by atoms with Crippen LogP contribution in [0.25, 0.3) is 0 Å². The summed E-state index contributed by atoms with van der Waals surface area (Å²) in [6.07, 6.45) is 4.77. The molecule has 0 spiro atoms. The van der Waals surface area contributed by atoms with Crippen molar-refractivity contribution >= 4 is 31.1 Å². The second-order valence-electron chi connectivity index (χ2n) is 8.80. The molecule has 0 aliphatic heterocycles. The first-order chi connectivity index (χ1) is 12.8. The summed E-state index contributed by atoms with van der Waals surface area (Å²) in [5, 5.41) is 0. The van der Waals surface area contributed by atoms with E-state index in [-0.39, 0.29) is 23.0 Å². The molecule has 1 aromatic rings. The van der Waals surface area contributed by atoms with Gasteiger partial charge in [-0.3, -0.25) is 0 Å². The van der Waals surface area contributed by atoms with Gasteiger partial charge in [0.15, 0.2) is 0 Å². The summed E-state index contributed by atoms with van der Waals surface area (Å²) < 4.78 is 1.76. The molecule has 0 aromatic heterocycles. The molecule has 3 nitrogen and oxygen atoms in total. The van der Waals surface area contributed by atoms with Gasteiger partial charge >= 0.3 is 170 Å². The number of amides is 1. The fraction of sp³-hybridized carbons (Fsp3) is 0.652. The van der Waals surface area contributed by atoms with Crippen molar-refractivity contribution in [2.45, 2.75) is 64.1 Å². The number of carbonyl (C=O) groups excluding carboxylic acids is 2. The molecule has 2 aliphatic carbocycles. The Kier molecular flexibility index (Phi) is 6.17. The van der Waals surface area contributed by atoms with Crippen LogP contribution >= 0.6 is 0 Å². The van der Waals surface area contributed by atoms with Crippen molar-refractivity contribution in [3.05, 3.63) is 30.3 Å². The molecular formula is C23H33NO2Se. The summed E-state index contributed by atoms with van der Waals surface area (Å²) in [7, 11) is 0. The van der Waals surface area contributed by atoms with Crippen LogP contribution in [0.4, 0.5) is 0 Å². The predicted molar refractivity (Wildman–Crippen MR) is 111 cm³/mol. The van der Waals surface area contributed by atoms with E-state index in [1.165, 1.54) is 4.46 Å². The zero-order chi connectivity index (χ0) is 19.7. The number of nitrogens with zero attached hydrogens (tertiary/aromatic N) is 1. The van der Waals surface area contributed by atoms with E-state index in [0.29, 0.717) is 38.8 Å². The van der Waals surface area contributed by atoms with Gasteiger partial charge in [0.1, 0.15) is 0 Å². The third kappa shape index (κ3) is 4.17. The van der Waals surface area contributed by atoms with E-state index in [0.717, 1.165) is 25.7 Å². The van der Waals surface area contributed by atoms with E-state index in [1.54, 1.807) is 0 Å². The first kappa shape index (κ1) is 20.6. The Morgan fingerprint density at radius 3 is 2.44 bits per heavy atom. The van der Waals surface area contributed by atoms with Gasteiger partial charge in [-0.15, -0.1) is 0 Å². The normalized spacial score (nSPS) is 33.4. The average Bonchev–Trinajstić information content (AvgIpc) is 2.63. The Hall–Kier alpha value is -1.12. The molecule has 1 amide bonds. The molecule has 0 bridgehead atoms. The van der Waals surface area contributed by atoms with Crippen molar-refractivity contribution in [3.8, 4) is 0 Å². The van der Waals surface area contributed by atoms with E-state index in [4.69, 9.17) is 0 Å². The van der Waals surface area contributed by atoms with Crippen molar-refractivity contribution in [1.29, 1.82) is 0 Å². The Morgan fingerprint density at radius 1 is 1.15 bits per heavy atom. The van der Waals surface area contributed by atoms with Gasteiger partial charge in [0, 0.05) is 0 Å². The minimum absolute atomic E-state index is 0.0816. The third-order valence-corrected chi connectivity index (χ3v) is 9.63. The summed E-state index contributed by atoms with van der Waals surface area (Å²) in [6, 6.07) is 10.8. The van der Waals surface area contributed by atoms with E-state index >= 15 is 0 Å². The number of hydrogen-bond acceptors (Lipinski definition) is 2. The standard InChI is InChI=1S/C23H33NO2Se/c1-5-24(6-2)21(26)20-18-12-15-23(4,27-17-10-8-7-9-11-17)16-22(18,3)14-13-19(20)25/h7-11,18,20H,5-6,12-16H2,1-4H3/t18-,20-,22+,23+/m0/s1. The van der Waals surface area contributed by atoms with Crippen LogP contribution < -0.4 is 4.46 Å². The second-order valence-corrected chi connectivity index (χ2v) is 12.3. The van der Waals surface area contributed by atoms with Crippen LogP contribution in [-0.4, -0.2) is 44.6 Å². The quantitative estimate of drug-likeness (QED) is 0.522. The number of fused-ring (bicyclic) bond motifs is 1. The molecule has 3 rings (SSSR count). The third-order valence-electron chi connectivity index (χ3n) is 6.80. The van der Waals surface area contributed by atoms with Gasteiger partial charge < -0.3 is 0 Å². The number of rotatable bonds is 5. The molecule has 0 saturated heterocycles. The summed E-state index contributed by atoms with van der Waals surface area (Å²) in [5.41, 5.74) is 0.102. The molecule has 2 fully saturated rings. The maximum absolute atomic E-state index is 13.1. The van der Waals surface area contributed by atoms with Crippen molar-refractivity contribution < 1.29 is 9.59 Å². The average molecular weight is 434 g/mol. The summed E-state index contributed by atoms with van der Waals surface area (Å²) in [4.78, 5) is 27.8. The number of carbonyl (C=O) groups is 2. The van der Waals surface area contributed by atoms with Crippen LogP contribution in [0.1, 0.15) is 59.8 Å². The summed E-state index contributed by atoms with van der Waals surface area (Å²) in [6.45, 7) is 10.2. The van der Waals surface area contributed by atoms with Gasteiger partial charge in [0.25, 0.3) is 0 Å². The zero-order valence-electron chi connectivity index (χ0n) is 17.2. The first-order valence-electron chi connectivity index (χ1n) is 10.4. The topological polar surface area (TPSA) is 37.4 Å². The first-order valence-corrected chi connectivity index (χ1v) is 12.1. The van der Waals surface area contributed by atoms with E-state index < -0.39 is 5.92 Å². The molecule has 1 aromatic carbocycles. The van der Waals surface area contributed by atoms with Crippen LogP contribution in [0.15, 0.2) is 30.3 Å². The number of hydrogen-bond donors (Lipinski definition) is 0. The molecule has 2 saturated carbocycles. The Morgan fingerprint density at radius 2 is 1.81 bits per heavy atom. The summed E-state index contributed by atoms with van der Waals surface area (Å²) in [5.74, 6) is 0.0774. The molecule has 4 heteroatoms. The molecule has 27 heavy (non-hydrogen) atoms. The monoisotopic (exact) mass is 435 g/mol. The van der Waals surface area contributed by atoms with Gasteiger partial charge in [-0.2, -0.15) is 0 Å². The molecule has 0 radical (unpaired) electrons. The second kappa shape index (κ2) is 8.09. The van der Waals surface area contributed by atoms with Gasteiger partial charge in [0.2, 0.25) is 0 Å². The van der Waals surface area contributed by atoms with E-state index in [9.17, 15) is 9.59 Å². The molecule has 2 aliphatic rings. The van der Waals surface area contributed by atoms with Gasteiger partial charge in [-0.1, -0.05) is 0 Å². The van der Waals surface area contributed by atoms with Gasteiger partial charge in [-0.05, 0) is 0 Å². The maximum atomic E-state index is 13.1. The van der Waals surface area contributed by atoms with Crippen molar-refractivity contribution in [1.82, 2.24) is 4.90 Å². The van der Waals surface area contributed by atoms with Crippen molar-refractivity contribution in [2.24, 2.45) is 17.3 Å². The fourth-order valence-corrected chi connectivity index (χ4v) is 8.53. The molecule has 148 valence electrons. The zero-order valence-corrected chi connectivity index (χ0v) is 18.9. The molecule has 0 unspecified atom stereocenters. The van der Waals surface area contributed by atoms with E-state index in [1.807, 2.05) is 18.7 Å². The number of benzene rings is 1. The number of Topliss-reactive ketones (excluding diaryl/α,β-unsaturated/α-hetero) is 1. The van der Waals surface area contributed by atoms with Crippen molar-refractivity contribution in [3.63, 3.8) is 0 Å². The molecule has 0 heterocycles. The minimum atomic E-state index is -0.405. The molecular weight excluding hydrogens is 401 g/mol. The molecule has 4 atom stereocenters. The predicted octanol–water partition coefficient (Wildman–Crippen LogP) is 3.85. The van der Waals surface area contributed by atoms with E-state index in [2.05, 4.69) is 44.2 Å². The van der Waals surface area contributed by atoms with Gasteiger partial charge in [-0.25, -0.2) is 0 Å². The Labute approximate surface area is 170 Å². The molecule has 0 N–H and O–H groups in total. The Balaban J connectivity index is 1.81. The van der Waals surface area contributed by atoms with Gasteiger partial charge in [0.05, 0.1) is 0 Å². The number of ketones is 1. The Bertz CT molecular complexity index is 687. The van der Waals surface area contributed by atoms with Crippen molar-refractivity contribution in [2.75, 3.05) is 13.1 Å². The van der Waals surface area contributed by atoms with Crippen LogP contribution in [0.2, 0.25) is 4.31 Å². The van der Waals surface area contributed by atoms with Crippen LogP contribution in [0, 0.1) is 17.3 Å². The SMILES string of the molecule is CCN(CC)C(=O)[C@@H]1C(=O)CC[C@]2(C)C[C@](C)([Se]c3ccccc3)CC[C@@H]12. The van der Waals surface area contributed by atoms with Crippen LogP contribution in [0.5, 0.6) is 0 Å². The summed E-state index contributed by atoms with van der Waals surface area (Å²) >= 11 is 0.419.